The van der Waals surface area contributed by atoms with Gasteiger partial charge in [-0.1, -0.05) is 85.3 Å². The van der Waals surface area contributed by atoms with E-state index < -0.39 is 12.3 Å². The van der Waals surface area contributed by atoms with Crippen LogP contribution in [0.4, 0.5) is 0 Å². The Hall–Kier alpha value is -5.07. The van der Waals surface area contributed by atoms with Crippen LogP contribution in [0.1, 0.15) is 92.1 Å². The second kappa shape index (κ2) is 18.0. The molecule has 1 aromatic heterocycles. The Morgan fingerprint density at radius 3 is 2.31 bits per heavy atom. The highest BCUT2D eigenvalue weighted by Gasteiger charge is 2.34. The van der Waals surface area contributed by atoms with Crippen molar-refractivity contribution in [2.24, 2.45) is 0 Å². The van der Waals surface area contributed by atoms with Gasteiger partial charge in [0.15, 0.2) is 6.29 Å². The summed E-state index contributed by atoms with van der Waals surface area (Å²) in [5.74, 6) is -0.842. The summed E-state index contributed by atoms with van der Waals surface area (Å²) in [4.78, 5) is 41.4. The molecule has 3 heterocycles. The number of rotatable bonds is 15. The number of para-hydroxylation sites is 2. The quantitative estimate of drug-likeness (QED) is 0.0837. The Morgan fingerprint density at radius 1 is 0.800 bits per heavy atom. The van der Waals surface area contributed by atoms with Gasteiger partial charge >= 0.3 is 11.7 Å². The Bertz CT molecular complexity index is 2100. The van der Waals surface area contributed by atoms with Crippen molar-refractivity contribution >= 4 is 22.9 Å². The van der Waals surface area contributed by atoms with Crippen LogP contribution in [0.5, 0.6) is 0 Å². The number of imidazole rings is 1. The van der Waals surface area contributed by atoms with Gasteiger partial charge in [0.25, 0.3) is 0 Å². The molecule has 55 heavy (non-hydrogen) atoms. The van der Waals surface area contributed by atoms with E-state index in [1.807, 2.05) is 65.2 Å². The normalized spacial score (nSPS) is 19.4. The lowest BCUT2D eigenvalue weighted by Gasteiger charge is -2.40. The number of carboxylic acids is 1. The number of hydrogen-bond donors (Lipinski definition) is 4. The van der Waals surface area contributed by atoms with E-state index in [2.05, 4.69) is 51.6 Å². The Labute approximate surface area is 320 Å². The molecule has 288 valence electrons. The van der Waals surface area contributed by atoms with Crippen LogP contribution >= 0.6 is 0 Å². The molecular formula is C44H50N4O7. The largest absolute Gasteiger partial charge is 0.481 e. The van der Waals surface area contributed by atoms with Crippen molar-refractivity contribution in [2.75, 3.05) is 19.6 Å². The molecule has 0 bridgehead atoms. The van der Waals surface area contributed by atoms with Gasteiger partial charge in [-0.3, -0.25) is 14.2 Å². The minimum atomic E-state index is -0.805. The monoisotopic (exact) mass is 746 g/mol. The van der Waals surface area contributed by atoms with E-state index in [0.29, 0.717) is 32.2 Å². The number of ether oxygens (including phenoxy) is 2. The number of fused-ring (bicyclic) bond motifs is 1. The molecular weight excluding hydrogens is 697 g/mol. The first kappa shape index (κ1) is 38.2. The number of nitrogens with one attached hydrogen (secondary N) is 2. The summed E-state index contributed by atoms with van der Waals surface area (Å²) >= 11 is 0. The number of carbonyl (C=O) groups is 2. The van der Waals surface area contributed by atoms with E-state index in [4.69, 9.17) is 14.6 Å². The zero-order valence-corrected chi connectivity index (χ0v) is 31.1. The lowest BCUT2D eigenvalue weighted by atomic mass is 9.98. The first-order valence-corrected chi connectivity index (χ1v) is 19.4. The lowest BCUT2D eigenvalue weighted by molar-refractivity contribution is -0.253. The number of carboxylic acid groups (broad SMARTS) is 1. The fraction of sp³-hybridized carbons (Fsp3) is 0.386. The molecule has 2 saturated heterocycles. The van der Waals surface area contributed by atoms with Crippen molar-refractivity contribution in [3.63, 3.8) is 0 Å². The predicted octanol–water partition coefficient (Wildman–Crippen LogP) is 7.02. The van der Waals surface area contributed by atoms with Gasteiger partial charge in [0.05, 0.1) is 29.8 Å². The smallest absolute Gasteiger partial charge is 0.326 e. The van der Waals surface area contributed by atoms with Gasteiger partial charge in [-0.15, -0.1) is 0 Å². The second-order valence-corrected chi connectivity index (χ2v) is 14.8. The third-order valence-electron chi connectivity index (χ3n) is 10.9. The van der Waals surface area contributed by atoms with Gasteiger partial charge in [0.1, 0.15) is 0 Å². The molecule has 4 N–H and O–H groups in total. The van der Waals surface area contributed by atoms with Crippen molar-refractivity contribution in [1.82, 2.24) is 19.8 Å². The van der Waals surface area contributed by atoms with Gasteiger partial charge in [-0.2, -0.15) is 0 Å². The van der Waals surface area contributed by atoms with Crippen molar-refractivity contribution in [2.45, 2.75) is 89.1 Å². The summed E-state index contributed by atoms with van der Waals surface area (Å²) in [7, 11) is 0. The number of aromatic amines is 1. The number of likely N-dealkylation sites (tertiary alicyclic amines) is 1. The van der Waals surface area contributed by atoms with Gasteiger partial charge in [0.2, 0.25) is 5.91 Å². The van der Waals surface area contributed by atoms with Crippen LogP contribution in [0, 0.1) is 0 Å². The van der Waals surface area contributed by atoms with E-state index >= 15 is 0 Å². The summed E-state index contributed by atoms with van der Waals surface area (Å²) < 4.78 is 15.2. The van der Waals surface area contributed by atoms with E-state index in [-0.39, 0.29) is 42.9 Å². The van der Waals surface area contributed by atoms with E-state index in [1.165, 1.54) is 0 Å². The number of aliphatic hydroxyl groups is 1. The number of aromatic nitrogens is 2. The van der Waals surface area contributed by atoms with Crippen LogP contribution < -0.4 is 11.0 Å². The minimum Gasteiger partial charge on any atom is -0.481 e. The molecule has 0 aliphatic carbocycles. The number of carbonyl (C=O) groups excluding carboxylic acids is 1. The molecule has 2 fully saturated rings. The number of piperidine rings is 1. The van der Waals surface area contributed by atoms with Crippen LogP contribution in [0.25, 0.3) is 22.2 Å². The maximum absolute atomic E-state index is 12.9. The molecule has 3 atom stereocenters. The van der Waals surface area contributed by atoms with Crippen LogP contribution in [-0.2, 0) is 32.2 Å². The first-order valence-electron chi connectivity index (χ1n) is 19.4. The third-order valence-corrected chi connectivity index (χ3v) is 10.9. The standard InChI is InChI=1S/C44H50N4O7/c49-29-30-13-15-33(16-14-30)40-26-37(28-47-23-21-36(22-24-47)48-39-10-5-4-9-38(39)46-44(48)53)54-43(55-40)34-19-17-32(18-20-34)35-8-6-7-31(25-35)27-45-41(50)11-2-1-3-12-42(51)52/h4-10,13-20,25,36-37,40,43,49H,1-3,11-12,21-24,26-29H2,(H,45,50)(H,46,53)(H,51,52). The van der Waals surface area contributed by atoms with Gasteiger partial charge in [-0.05, 0) is 71.7 Å². The van der Waals surface area contributed by atoms with E-state index in [1.54, 1.807) is 0 Å². The van der Waals surface area contributed by atoms with Crippen LogP contribution in [0.3, 0.4) is 0 Å². The second-order valence-electron chi connectivity index (χ2n) is 14.8. The highest BCUT2D eigenvalue weighted by atomic mass is 16.7. The Morgan fingerprint density at radius 2 is 1.55 bits per heavy atom. The minimum absolute atomic E-state index is 0.0116. The number of aliphatic hydroxyl groups excluding tert-OH is 1. The molecule has 2 aliphatic heterocycles. The zero-order valence-electron chi connectivity index (χ0n) is 31.1. The summed E-state index contributed by atoms with van der Waals surface area (Å²) in [5.41, 5.74) is 7.68. The molecule has 3 unspecified atom stereocenters. The van der Waals surface area contributed by atoms with Crippen molar-refractivity contribution < 1.29 is 29.3 Å². The number of hydrogen-bond acceptors (Lipinski definition) is 7. The number of unbranched alkanes of at least 4 members (excludes halogenated alkanes) is 2. The summed E-state index contributed by atoms with van der Waals surface area (Å²) in [6.07, 6.45) is 4.12. The molecule has 11 heteroatoms. The molecule has 2 aliphatic rings. The van der Waals surface area contributed by atoms with Crippen LogP contribution in [0.2, 0.25) is 0 Å². The number of nitrogens with zero attached hydrogens (tertiary/aromatic N) is 2. The summed E-state index contributed by atoms with van der Waals surface area (Å²) in [5, 5.41) is 21.4. The van der Waals surface area contributed by atoms with E-state index in [9.17, 15) is 19.5 Å². The topological polar surface area (TPSA) is 146 Å². The van der Waals surface area contributed by atoms with Crippen molar-refractivity contribution in [1.29, 1.82) is 0 Å². The molecule has 0 radical (unpaired) electrons. The fourth-order valence-corrected chi connectivity index (χ4v) is 7.84. The van der Waals surface area contributed by atoms with Crippen molar-refractivity contribution in [3.05, 3.63) is 130 Å². The van der Waals surface area contributed by atoms with Crippen LogP contribution in [0.15, 0.2) is 102 Å². The number of H-pyrrole nitrogens is 1. The van der Waals surface area contributed by atoms with Gasteiger partial charge in [-0.25, -0.2) is 4.79 Å². The Kier molecular flexibility index (Phi) is 12.5. The molecule has 0 saturated carbocycles. The molecule has 7 rings (SSSR count). The van der Waals surface area contributed by atoms with E-state index in [0.717, 1.165) is 83.3 Å². The van der Waals surface area contributed by atoms with Crippen molar-refractivity contribution in [3.8, 4) is 11.1 Å². The maximum atomic E-state index is 12.9. The molecule has 0 spiro atoms. The number of aliphatic carboxylic acids is 1. The molecule has 1 amide bonds. The van der Waals surface area contributed by atoms with Crippen LogP contribution in [-0.4, -0.2) is 62.3 Å². The zero-order chi connectivity index (χ0) is 38.1. The summed E-state index contributed by atoms with van der Waals surface area (Å²) in [6.45, 7) is 2.90. The SMILES string of the molecule is O=C(O)CCCCCC(=O)NCc1cccc(-c2ccc(C3OC(CN4CCC(n5c(=O)[nH]c6ccccc65)CC4)CC(c4ccc(CO)cc4)O3)cc2)c1. The number of benzene rings is 4. The molecule has 5 aromatic rings. The Balaban J connectivity index is 0.989. The first-order chi connectivity index (χ1) is 26.8. The highest BCUT2D eigenvalue weighted by molar-refractivity contribution is 5.76. The maximum Gasteiger partial charge on any atom is 0.326 e. The van der Waals surface area contributed by atoms with Gasteiger partial charge in [0, 0.05) is 57.0 Å². The third kappa shape index (κ3) is 9.79. The average Bonchev–Trinajstić information content (AvgIpc) is 3.55. The lowest BCUT2D eigenvalue weighted by Crippen LogP contribution is -2.43. The predicted molar refractivity (Wildman–Crippen MR) is 210 cm³/mol. The molecule has 4 aromatic carbocycles. The summed E-state index contributed by atoms with van der Waals surface area (Å²) in [6, 6.07) is 32.3. The van der Waals surface area contributed by atoms with Gasteiger partial charge < -0.3 is 34.9 Å². The highest BCUT2D eigenvalue weighted by Crippen LogP contribution is 2.39. The average molecular weight is 747 g/mol. The molecule has 11 nitrogen and oxygen atoms in total. The fourth-order valence-electron chi connectivity index (χ4n) is 7.84. The number of amides is 1.